The SMILES string of the molecule is Cc1nc(NC(=O)CCCn2c(=O)oc3cc([N+](=O)[O-])ccc32)sc1Cc1ccc2c(c1)OCO2. The number of hydrogen-bond acceptors (Lipinski definition) is 9. The zero-order chi connectivity index (χ0) is 24.5. The largest absolute Gasteiger partial charge is 0.454 e. The van der Waals surface area contributed by atoms with Gasteiger partial charge in [0.2, 0.25) is 12.7 Å². The van der Waals surface area contributed by atoms with Crippen LogP contribution in [0.25, 0.3) is 11.1 Å². The molecule has 0 atom stereocenters. The number of carbonyl (C=O) groups is 1. The van der Waals surface area contributed by atoms with Crippen LogP contribution in [0.4, 0.5) is 10.8 Å². The number of nitro benzene ring substituents is 1. The average Bonchev–Trinajstić information content (AvgIpc) is 3.50. The predicted molar refractivity (Wildman–Crippen MR) is 127 cm³/mol. The highest BCUT2D eigenvalue weighted by molar-refractivity contribution is 7.15. The number of hydrogen-bond donors (Lipinski definition) is 1. The molecule has 180 valence electrons. The summed E-state index contributed by atoms with van der Waals surface area (Å²) >= 11 is 1.41. The fourth-order valence-corrected chi connectivity index (χ4v) is 4.85. The number of nitrogens with zero attached hydrogens (tertiary/aromatic N) is 3. The lowest BCUT2D eigenvalue weighted by Gasteiger charge is -2.03. The second-order valence-corrected chi connectivity index (χ2v) is 9.06. The monoisotopic (exact) mass is 496 g/mol. The van der Waals surface area contributed by atoms with Crippen LogP contribution in [0.15, 0.2) is 45.6 Å². The Labute approximate surface area is 202 Å². The van der Waals surface area contributed by atoms with Crippen LogP contribution in [-0.4, -0.2) is 27.2 Å². The number of nitrogens with one attached hydrogen (secondary N) is 1. The molecular formula is C23H20N4O7S. The van der Waals surface area contributed by atoms with Gasteiger partial charge in [0.1, 0.15) is 0 Å². The zero-order valence-corrected chi connectivity index (χ0v) is 19.4. The summed E-state index contributed by atoms with van der Waals surface area (Å²) in [5.74, 6) is 0.616. The van der Waals surface area contributed by atoms with Crippen molar-refractivity contribution >= 4 is 39.2 Å². The normalized spacial score (nSPS) is 12.3. The van der Waals surface area contributed by atoms with Crippen LogP contribution in [0.2, 0.25) is 0 Å². The van der Waals surface area contributed by atoms with E-state index < -0.39 is 10.7 Å². The van der Waals surface area contributed by atoms with E-state index in [2.05, 4.69) is 10.3 Å². The van der Waals surface area contributed by atoms with Gasteiger partial charge in [0.05, 0.1) is 22.2 Å². The summed E-state index contributed by atoms with van der Waals surface area (Å²) < 4.78 is 17.2. The van der Waals surface area contributed by atoms with Crippen molar-refractivity contribution in [2.75, 3.05) is 12.1 Å². The molecule has 1 aliphatic rings. The van der Waals surface area contributed by atoms with Crippen LogP contribution >= 0.6 is 11.3 Å². The summed E-state index contributed by atoms with van der Waals surface area (Å²) in [6, 6.07) is 9.80. The smallest absolute Gasteiger partial charge is 0.419 e. The number of thiazole rings is 1. The van der Waals surface area contributed by atoms with Crippen LogP contribution in [0.3, 0.4) is 0 Å². The second-order valence-electron chi connectivity index (χ2n) is 7.97. The Morgan fingerprint density at radius 1 is 1.23 bits per heavy atom. The number of nitro groups is 1. The Bertz CT molecular complexity index is 1500. The van der Waals surface area contributed by atoms with E-state index in [1.807, 2.05) is 25.1 Å². The molecule has 1 aliphatic heterocycles. The molecule has 0 saturated carbocycles. The van der Waals surface area contributed by atoms with E-state index >= 15 is 0 Å². The topological polar surface area (TPSA) is 139 Å². The number of aromatic nitrogens is 2. The van der Waals surface area contributed by atoms with Gasteiger partial charge in [0, 0.05) is 30.3 Å². The Morgan fingerprint density at radius 3 is 2.89 bits per heavy atom. The van der Waals surface area contributed by atoms with E-state index in [4.69, 9.17) is 13.9 Å². The van der Waals surface area contributed by atoms with E-state index in [1.165, 1.54) is 34.1 Å². The number of anilines is 1. The molecule has 0 radical (unpaired) electrons. The predicted octanol–water partition coefficient (Wildman–Crippen LogP) is 4.01. The Morgan fingerprint density at radius 2 is 2.06 bits per heavy atom. The lowest BCUT2D eigenvalue weighted by molar-refractivity contribution is -0.384. The van der Waals surface area contributed by atoms with E-state index in [9.17, 15) is 19.7 Å². The van der Waals surface area contributed by atoms with Gasteiger partial charge >= 0.3 is 5.76 Å². The van der Waals surface area contributed by atoms with E-state index in [1.54, 1.807) is 0 Å². The van der Waals surface area contributed by atoms with Gasteiger partial charge in [-0.15, -0.1) is 11.3 Å². The molecule has 0 unspecified atom stereocenters. The number of fused-ring (bicyclic) bond motifs is 2. The first-order valence-corrected chi connectivity index (χ1v) is 11.6. The number of aryl methyl sites for hydroxylation is 2. The van der Waals surface area contributed by atoms with Gasteiger partial charge in [-0.3, -0.25) is 19.5 Å². The van der Waals surface area contributed by atoms with Gasteiger partial charge in [-0.05, 0) is 37.1 Å². The zero-order valence-electron chi connectivity index (χ0n) is 18.6. The van der Waals surface area contributed by atoms with Crippen molar-refractivity contribution in [1.82, 2.24) is 9.55 Å². The number of rotatable bonds is 8. The van der Waals surface area contributed by atoms with Crippen molar-refractivity contribution in [3.8, 4) is 11.5 Å². The van der Waals surface area contributed by atoms with Gasteiger partial charge in [-0.2, -0.15) is 0 Å². The second kappa shape index (κ2) is 9.22. The maximum Gasteiger partial charge on any atom is 0.419 e. The summed E-state index contributed by atoms with van der Waals surface area (Å²) in [6.45, 7) is 2.36. The highest BCUT2D eigenvalue weighted by atomic mass is 32.1. The first-order chi connectivity index (χ1) is 16.9. The van der Waals surface area contributed by atoms with E-state index in [-0.39, 0.29) is 36.9 Å². The number of oxazole rings is 1. The Hall–Kier alpha value is -4.19. The Kier molecular flexibility index (Phi) is 5.95. The molecule has 5 rings (SSSR count). The minimum atomic E-state index is -0.621. The number of amides is 1. The Balaban J connectivity index is 1.18. The highest BCUT2D eigenvalue weighted by Gasteiger charge is 2.17. The van der Waals surface area contributed by atoms with Crippen molar-refractivity contribution in [1.29, 1.82) is 0 Å². The van der Waals surface area contributed by atoms with Crippen LogP contribution in [-0.2, 0) is 17.8 Å². The van der Waals surface area contributed by atoms with Gasteiger partial charge < -0.3 is 19.2 Å². The van der Waals surface area contributed by atoms with Crippen molar-refractivity contribution in [2.24, 2.45) is 0 Å². The molecular weight excluding hydrogens is 476 g/mol. The van der Waals surface area contributed by atoms with Crippen LogP contribution < -0.4 is 20.5 Å². The van der Waals surface area contributed by atoms with Gasteiger partial charge in [0.25, 0.3) is 5.69 Å². The summed E-state index contributed by atoms with van der Waals surface area (Å²) in [4.78, 5) is 40.4. The minimum Gasteiger partial charge on any atom is -0.454 e. The number of non-ortho nitro benzene ring substituents is 1. The van der Waals surface area contributed by atoms with Crippen LogP contribution in [0, 0.1) is 17.0 Å². The summed E-state index contributed by atoms with van der Waals surface area (Å²) in [5.41, 5.74) is 2.33. The third-order valence-electron chi connectivity index (χ3n) is 5.59. The van der Waals surface area contributed by atoms with Crippen molar-refractivity contribution in [3.63, 3.8) is 0 Å². The number of benzene rings is 2. The summed E-state index contributed by atoms with van der Waals surface area (Å²) in [7, 11) is 0. The van der Waals surface area contributed by atoms with Gasteiger partial charge in [-0.25, -0.2) is 9.78 Å². The fourth-order valence-electron chi connectivity index (χ4n) is 3.84. The molecule has 0 bridgehead atoms. The molecule has 4 aromatic rings. The van der Waals surface area contributed by atoms with Crippen LogP contribution in [0.5, 0.6) is 11.5 Å². The fraction of sp³-hybridized carbons (Fsp3) is 0.261. The van der Waals surface area contributed by atoms with Crippen molar-refractivity contribution in [3.05, 3.63) is 73.2 Å². The standard InChI is InChI=1S/C23H20N4O7S/c1-13-20(10-14-4-7-17-19(9-14)33-12-32-17)35-22(24-13)25-21(28)3-2-8-26-16-6-5-15(27(30)31)11-18(16)34-23(26)29/h4-7,9,11H,2-3,8,10,12H2,1H3,(H,24,25,28). The van der Waals surface area contributed by atoms with Crippen LogP contribution in [0.1, 0.15) is 29.0 Å². The third kappa shape index (κ3) is 4.73. The maximum absolute atomic E-state index is 12.5. The molecule has 1 N–H and O–H groups in total. The first-order valence-electron chi connectivity index (χ1n) is 10.8. The lowest BCUT2D eigenvalue weighted by Crippen LogP contribution is -2.17. The molecule has 35 heavy (non-hydrogen) atoms. The van der Waals surface area contributed by atoms with Gasteiger partial charge in [-0.1, -0.05) is 6.07 Å². The summed E-state index contributed by atoms with van der Waals surface area (Å²) in [5, 5.41) is 14.2. The molecule has 0 aliphatic carbocycles. The number of carbonyl (C=O) groups excluding carboxylic acids is 1. The first kappa shape index (κ1) is 22.6. The average molecular weight is 497 g/mol. The minimum absolute atomic E-state index is 0.141. The van der Waals surface area contributed by atoms with E-state index in [0.29, 0.717) is 23.5 Å². The maximum atomic E-state index is 12.5. The third-order valence-corrected chi connectivity index (χ3v) is 6.66. The van der Waals surface area contributed by atoms with Gasteiger partial charge in [0.15, 0.2) is 22.2 Å². The van der Waals surface area contributed by atoms with Crippen molar-refractivity contribution in [2.45, 2.75) is 32.7 Å². The molecule has 0 spiro atoms. The molecule has 12 heteroatoms. The van der Waals surface area contributed by atoms with Crippen molar-refractivity contribution < 1.29 is 23.6 Å². The summed E-state index contributed by atoms with van der Waals surface area (Å²) in [6.07, 6.45) is 1.21. The van der Waals surface area contributed by atoms with E-state index in [0.717, 1.165) is 27.6 Å². The molecule has 0 fully saturated rings. The molecule has 2 aromatic carbocycles. The molecule has 1 amide bonds. The molecule has 3 heterocycles. The number of ether oxygens (including phenoxy) is 2. The molecule has 11 nitrogen and oxygen atoms in total. The molecule has 2 aromatic heterocycles. The molecule has 0 saturated heterocycles. The highest BCUT2D eigenvalue weighted by Crippen LogP contribution is 2.34. The quantitative estimate of drug-likeness (QED) is 0.285. The lowest BCUT2D eigenvalue weighted by atomic mass is 10.1.